The van der Waals surface area contributed by atoms with Crippen LogP contribution in [0.2, 0.25) is 0 Å². The molecule has 9 heteroatoms. The molecule has 9 nitrogen and oxygen atoms in total. The van der Waals surface area contributed by atoms with Gasteiger partial charge in [-0.05, 0) is 23.8 Å². The number of phenols is 2. The molecule has 0 bridgehead atoms. The van der Waals surface area contributed by atoms with Gasteiger partial charge in [-0.15, -0.1) is 0 Å². The molecule has 1 saturated heterocycles. The Hall–Kier alpha value is -2.17. The van der Waals surface area contributed by atoms with Gasteiger partial charge in [0, 0.05) is 6.08 Å². The number of carbonyl (C=O) groups is 1. The van der Waals surface area contributed by atoms with E-state index in [-0.39, 0.29) is 11.5 Å². The Kier molecular flexibility index (Phi) is 5.75. The molecule has 0 spiro atoms. The first-order valence-electron chi connectivity index (χ1n) is 7.04. The van der Waals surface area contributed by atoms with E-state index in [1.54, 1.807) is 0 Å². The van der Waals surface area contributed by atoms with E-state index in [4.69, 9.17) is 9.47 Å². The Morgan fingerprint density at radius 1 is 1.08 bits per heavy atom. The molecule has 0 saturated carbocycles. The summed E-state index contributed by atoms with van der Waals surface area (Å²) in [5, 5.41) is 56.4. The van der Waals surface area contributed by atoms with E-state index in [9.17, 15) is 35.4 Å². The molecule has 1 aliphatic rings. The Bertz CT molecular complexity index is 615. The third-order valence-corrected chi connectivity index (χ3v) is 3.49. The summed E-state index contributed by atoms with van der Waals surface area (Å²) in [6.07, 6.45) is -5.36. The molecule has 1 aliphatic heterocycles. The zero-order valence-electron chi connectivity index (χ0n) is 12.4. The van der Waals surface area contributed by atoms with E-state index in [2.05, 4.69) is 0 Å². The van der Waals surface area contributed by atoms with E-state index in [1.807, 2.05) is 0 Å². The summed E-state index contributed by atoms with van der Waals surface area (Å²) < 4.78 is 9.69. The third kappa shape index (κ3) is 4.22. The van der Waals surface area contributed by atoms with Crippen LogP contribution < -0.4 is 0 Å². The van der Waals surface area contributed by atoms with Crippen molar-refractivity contribution in [3.8, 4) is 11.5 Å². The smallest absolute Gasteiger partial charge is 0.330 e. The summed E-state index contributed by atoms with van der Waals surface area (Å²) in [7, 11) is 0. The molecular formula is C15H18O9. The second-order valence-corrected chi connectivity index (χ2v) is 5.25. The number of hydrogen-bond acceptors (Lipinski definition) is 9. The van der Waals surface area contributed by atoms with Gasteiger partial charge in [0.2, 0.25) is 0 Å². The van der Waals surface area contributed by atoms with E-state index in [0.717, 1.165) is 6.08 Å². The van der Waals surface area contributed by atoms with Gasteiger partial charge in [0.25, 0.3) is 0 Å². The molecule has 0 unspecified atom stereocenters. The van der Waals surface area contributed by atoms with Crippen LogP contribution in [-0.2, 0) is 14.3 Å². The summed E-state index contributed by atoms with van der Waals surface area (Å²) in [4.78, 5) is 11.6. The summed E-state index contributed by atoms with van der Waals surface area (Å²) in [5.74, 6) is -1.43. The van der Waals surface area contributed by atoms with Crippen LogP contribution in [0.5, 0.6) is 11.5 Å². The number of aromatic hydroxyl groups is 2. The topological polar surface area (TPSA) is 157 Å². The number of carbonyl (C=O) groups excluding carboxylic acids is 1. The summed E-state index contributed by atoms with van der Waals surface area (Å²) >= 11 is 0. The lowest BCUT2D eigenvalue weighted by molar-refractivity contribution is -0.287. The summed E-state index contributed by atoms with van der Waals surface area (Å²) in [5.41, 5.74) is 0.435. The minimum Gasteiger partial charge on any atom is -0.504 e. The van der Waals surface area contributed by atoms with Gasteiger partial charge in [-0.3, -0.25) is 0 Å². The van der Waals surface area contributed by atoms with Gasteiger partial charge in [-0.1, -0.05) is 6.07 Å². The van der Waals surface area contributed by atoms with Gasteiger partial charge < -0.3 is 40.1 Å². The zero-order chi connectivity index (χ0) is 17.9. The lowest BCUT2D eigenvalue weighted by atomic mass is 9.99. The van der Waals surface area contributed by atoms with Crippen molar-refractivity contribution in [1.82, 2.24) is 0 Å². The second-order valence-electron chi connectivity index (χ2n) is 5.25. The average molecular weight is 342 g/mol. The van der Waals surface area contributed by atoms with Crippen LogP contribution in [0.1, 0.15) is 5.56 Å². The van der Waals surface area contributed by atoms with Gasteiger partial charge in [-0.2, -0.15) is 0 Å². The molecule has 1 heterocycles. The highest BCUT2D eigenvalue weighted by molar-refractivity contribution is 5.87. The molecular weight excluding hydrogens is 324 g/mol. The van der Waals surface area contributed by atoms with Crippen molar-refractivity contribution >= 4 is 12.0 Å². The number of aliphatic hydroxyl groups excluding tert-OH is 4. The van der Waals surface area contributed by atoms with Gasteiger partial charge in [-0.25, -0.2) is 4.79 Å². The Balaban J connectivity index is 1.88. The monoisotopic (exact) mass is 342 g/mol. The van der Waals surface area contributed by atoms with Crippen molar-refractivity contribution in [3.05, 3.63) is 29.8 Å². The van der Waals surface area contributed by atoms with Crippen LogP contribution in [0.25, 0.3) is 6.08 Å². The number of esters is 1. The van der Waals surface area contributed by atoms with Gasteiger partial charge in [0.1, 0.15) is 31.0 Å². The van der Waals surface area contributed by atoms with Crippen molar-refractivity contribution in [2.75, 3.05) is 6.61 Å². The van der Waals surface area contributed by atoms with Gasteiger partial charge >= 0.3 is 5.97 Å². The maximum absolute atomic E-state index is 11.6. The average Bonchev–Trinajstić information content (AvgIpc) is 2.56. The number of phenolic OH excluding ortho intramolecular Hbond substituents is 2. The number of hydrogen-bond donors (Lipinski definition) is 6. The van der Waals surface area contributed by atoms with E-state index < -0.39 is 43.3 Å². The van der Waals surface area contributed by atoms with Crippen LogP contribution >= 0.6 is 0 Å². The lowest BCUT2D eigenvalue weighted by Crippen LogP contribution is -2.58. The van der Waals surface area contributed by atoms with Gasteiger partial charge in [0.15, 0.2) is 17.8 Å². The molecule has 0 amide bonds. The number of rotatable bonds is 4. The molecule has 0 aromatic heterocycles. The number of ether oxygens (including phenoxy) is 2. The fourth-order valence-corrected chi connectivity index (χ4v) is 2.09. The molecule has 24 heavy (non-hydrogen) atoms. The van der Waals surface area contributed by atoms with E-state index >= 15 is 0 Å². The number of benzene rings is 1. The molecule has 1 aromatic rings. The zero-order valence-corrected chi connectivity index (χ0v) is 12.4. The summed E-state index contributed by atoms with van der Waals surface area (Å²) in [6, 6.07) is 3.95. The van der Waals surface area contributed by atoms with E-state index in [0.29, 0.717) is 5.56 Å². The van der Waals surface area contributed by atoms with Crippen molar-refractivity contribution in [1.29, 1.82) is 0 Å². The predicted molar refractivity (Wildman–Crippen MR) is 78.7 cm³/mol. The first-order chi connectivity index (χ1) is 11.3. The van der Waals surface area contributed by atoms with Crippen molar-refractivity contribution in [3.63, 3.8) is 0 Å². The van der Waals surface area contributed by atoms with Crippen LogP contribution in [0.4, 0.5) is 0 Å². The predicted octanol–water partition coefficient (Wildman–Crippen LogP) is -1.55. The third-order valence-electron chi connectivity index (χ3n) is 3.49. The maximum Gasteiger partial charge on any atom is 0.330 e. The summed E-state index contributed by atoms with van der Waals surface area (Å²) in [6.45, 7) is -0.452. The maximum atomic E-state index is 11.6. The molecule has 0 aliphatic carbocycles. The first-order valence-corrected chi connectivity index (χ1v) is 7.04. The molecule has 0 radical (unpaired) electrons. The van der Waals surface area contributed by atoms with Crippen LogP contribution in [0.15, 0.2) is 24.3 Å². The minimum absolute atomic E-state index is 0.294. The molecule has 1 fully saturated rings. The van der Waals surface area contributed by atoms with Crippen LogP contribution in [0, 0.1) is 0 Å². The molecule has 132 valence electrons. The first kappa shape index (κ1) is 18.2. The molecule has 1 aromatic carbocycles. The Labute approximate surface area is 136 Å². The Morgan fingerprint density at radius 2 is 1.79 bits per heavy atom. The SMILES string of the molecule is O=C(/C=C/c1ccc(O)c(O)c1)OC[C@H]1O[C@H](O)[C@H](O)[C@@H](O)[C@@H]1O. The molecule has 5 atom stereocenters. The molecule has 2 rings (SSSR count). The standard InChI is InChI=1S/C15H18O9/c16-8-3-1-7(5-9(8)17)2-4-11(18)23-6-10-12(19)13(20)14(21)15(22)24-10/h1-5,10,12-17,19-22H,6H2/b4-2+/t10-,12-,13+,14-,15+/m1/s1. The van der Waals surface area contributed by atoms with Crippen LogP contribution in [0.3, 0.4) is 0 Å². The minimum atomic E-state index is -1.71. The number of aliphatic hydroxyl groups is 4. The van der Waals surface area contributed by atoms with Gasteiger partial charge in [0.05, 0.1) is 0 Å². The largest absolute Gasteiger partial charge is 0.504 e. The van der Waals surface area contributed by atoms with Crippen LogP contribution in [-0.4, -0.2) is 73.9 Å². The normalized spacial score (nSPS) is 30.4. The molecule has 6 N–H and O–H groups in total. The lowest BCUT2D eigenvalue weighted by Gasteiger charge is -2.37. The highest BCUT2D eigenvalue weighted by atomic mass is 16.6. The van der Waals surface area contributed by atoms with Crippen molar-refractivity contribution in [2.45, 2.75) is 30.7 Å². The fourth-order valence-electron chi connectivity index (χ4n) is 2.09. The highest BCUT2D eigenvalue weighted by Crippen LogP contribution is 2.25. The van der Waals surface area contributed by atoms with Crippen molar-refractivity contribution in [2.24, 2.45) is 0 Å². The van der Waals surface area contributed by atoms with Crippen molar-refractivity contribution < 1.29 is 44.9 Å². The quantitative estimate of drug-likeness (QED) is 0.217. The second kappa shape index (κ2) is 7.60. The highest BCUT2D eigenvalue weighted by Gasteiger charge is 2.43. The van der Waals surface area contributed by atoms with E-state index in [1.165, 1.54) is 24.3 Å². The fraction of sp³-hybridized carbons (Fsp3) is 0.400. The Morgan fingerprint density at radius 3 is 2.46 bits per heavy atom.